The van der Waals surface area contributed by atoms with Crippen molar-refractivity contribution in [3.05, 3.63) is 98.1 Å². The zero-order valence-electron chi connectivity index (χ0n) is 17.6. The Bertz CT molecular complexity index is 1310. The first-order chi connectivity index (χ1) is 16.0. The van der Waals surface area contributed by atoms with Gasteiger partial charge in [-0.1, -0.05) is 41.9 Å². The topological polar surface area (TPSA) is 109 Å². The van der Waals surface area contributed by atoms with Crippen molar-refractivity contribution in [2.45, 2.75) is 13.5 Å². The van der Waals surface area contributed by atoms with E-state index in [-0.39, 0.29) is 22.9 Å². The van der Waals surface area contributed by atoms with Crippen LogP contribution in [0.3, 0.4) is 0 Å². The monoisotopic (exact) mass is 459 g/mol. The van der Waals surface area contributed by atoms with Crippen LogP contribution in [-0.2, 0) is 6.61 Å². The van der Waals surface area contributed by atoms with E-state index in [0.29, 0.717) is 40.4 Å². The first-order valence-corrected chi connectivity index (χ1v) is 10.3. The van der Waals surface area contributed by atoms with Gasteiger partial charge in [0.2, 0.25) is 0 Å². The molecule has 7 nitrogen and oxygen atoms in total. The van der Waals surface area contributed by atoms with E-state index in [0.717, 1.165) is 0 Å². The van der Waals surface area contributed by atoms with Gasteiger partial charge in [0.25, 0.3) is 5.69 Å². The summed E-state index contributed by atoms with van der Waals surface area (Å²) >= 11 is 6.48. The Labute approximate surface area is 195 Å². The third-order valence-electron chi connectivity index (χ3n) is 4.64. The summed E-state index contributed by atoms with van der Waals surface area (Å²) in [6, 6.07) is 20.4. The molecule has 0 saturated heterocycles. The van der Waals surface area contributed by atoms with Gasteiger partial charge in [-0.25, -0.2) is 0 Å². The SMILES string of the molecule is CCOc1cc(/C=C(/C#N)c2cccc([N+](=O)[O-])c2)cc(Cl)c1OCc1ccccc1C#N. The first-order valence-electron chi connectivity index (χ1n) is 9.90. The molecule has 0 aliphatic heterocycles. The van der Waals surface area contributed by atoms with Crippen LogP contribution in [0.15, 0.2) is 60.7 Å². The summed E-state index contributed by atoms with van der Waals surface area (Å²) in [4.78, 5) is 10.5. The lowest BCUT2D eigenvalue weighted by Gasteiger charge is -2.15. The van der Waals surface area contributed by atoms with E-state index in [1.165, 1.54) is 18.2 Å². The maximum Gasteiger partial charge on any atom is 0.270 e. The lowest BCUT2D eigenvalue weighted by Crippen LogP contribution is -2.02. The van der Waals surface area contributed by atoms with Crippen molar-refractivity contribution in [3.63, 3.8) is 0 Å². The third kappa shape index (κ3) is 5.68. The molecule has 8 heteroatoms. The van der Waals surface area contributed by atoms with Crippen molar-refractivity contribution < 1.29 is 14.4 Å². The van der Waals surface area contributed by atoms with Crippen LogP contribution in [0.1, 0.15) is 29.2 Å². The second-order valence-corrected chi connectivity index (χ2v) is 7.21. The molecule has 0 saturated carbocycles. The highest BCUT2D eigenvalue weighted by Gasteiger charge is 2.15. The molecule has 0 amide bonds. The summed E-state index contributed by atoms with van der Waals surface area (Å²) in [5.74, 6) is 0.694. The Morgan fingerprint density at radius 3 is 2.61 bits per heavy atom. The Morgan fingerprint density at radius 1 is 1.12 bits per heavy atom. The Morgan fingerprint density at radius 2 is 1.91 bits per heavy atom. The van der Waals surface area contributed by atoms with Crippen LogP contribution in [0.2, 0.25) is 5.02 Å². The van der Waals surface area contributed by atoms with E-state index in [1.54, 1.807) is 42.5 Å². The molecular weight excluding hydrogens is 442 g/mol. The summed E-state index contributed by atoms with van der Waals surface area (Å²) in [5, 5.41) is 30.2. The Kier molecular flexibility index (Phi) is 7.64. The molecule has 0 N–H and O–H groups in total. The van der Waals surface area contributed by atoms with Gasteiger partial charge in [-0.15, -0.1) is 0 Å². The third-order valence-corrected chi connectivity index (χ3v) is 4.92. The van der Waals surface area contributed by atoms with Crippen LogP contribution in [0.5, 0.6) is 11.5 Å². The molecule has 3 aromatic carbocycles. The fraction of sp³-hybridized carbons (Fsp3) is 0.120. The number of nitro groups is 1. The number of benzene rings is 3. The van der Waals surface area contributed by atoms with Gasteiger partial charge in [0, 0.05) is 17.7 Å². The number of hydrogen-bond acceptors (Lipinski definition) is 6. The van der Waals surface area contributed by atoms with Gasteiger partial charge in [0.15, 0.2) is 11.5 Å². The van der Waals surface area contributed by atoms with Crippen LogP contribution in [-0.4, -0.2) is 11.5 Å². The molecule has 164 valence electrons. The van der Waals surface area contributed by atoms with Crippen molar-refractivity contribution in [2.75, 3.05) is 6.61 Å². The minimum absolute atomic E-state index is 0.108. The number of nitriles is 2. The highest BCUT2D eigenvalue weighted by atomic mass is 35.5. The Hall–Kier alpha value is -4.33. The van der Waals surface area contributed by atoms with E-state index < -0.39 is 4.92 Å². The van der Waals surface area contributed by atoms with Crippen LogP contribution in [0.25, 0.3) is 11.6 Å². The van der Waals surface area contributed by atoms with Crippen LogP contribution in [0, 0.1) is 32.8 Å². The van der Waals surface area contributed by atoms with Gasteiger partial charge in [-0.05, 0) is 42.3 Å². The predicted molar refractivity (Wildman–Crippen MR) is 125 cm³/mol. The standard InChI is InChI=1S/C25H18ClN3O4/c1-2-32-24-12-17(10-21(15-28)18-8-5-9-22(13-18)29(30)31)11-23(26)25(24)33-16-20-7-4-3-6-19(20)14-27/h3-13H,2,16H2,1H3/b21-10-. The summed E-state index contributed by atoms with van der Waals surface area (Å²) in [5.41, 5.74) is 2.31. The summed E-state index contributed by atoms with van der Waals surface area (Å²) in [7, 11) is 0. The molecule has 0 spiro atoms. The number of allylic oxidation sites excluding steroid dienone is 1. The molecule has 0 atom stereocenters. The number of non-ortho nitro benzene ring substituents is 1. The van der Waals surface area contributed by atoms with Crippen molar-refractivity contribution in [1.82, 2.24) is 0 Å². The molecule has 3 aromatic rings. The average Bonchev–Trinajstić information content (AvgIpc) is 2.82. The zero-order chi connectivity index (χ0) is 23.8. The van der Waals surface area contributed by atoms with Gasteiger partial charge in [-0.3, -0.25) is 10.1 Å². The summed E-state index contributed by atoms with van der Waals surface area (Å²) in [6.07, 6.45) is 1.57. The number of nitrogens with zero attached hydrogens (tertiary/aromatic N) is 3. The van der Waals surface area contributed by atoms with E-state index >= 15 is 0 Å². The molecule has 3 rings (SSSR count). The molecule has 0 fully saturated rings. The second-order valence-electron chi connectivity index (χ2n) is 6.80. The highest BCUT2D eigenvalue weighted by molar-refractivity contribution is 6.32. The molecule has 0 heterocycles. The summed E-state index contributed by atoms with van der Waals surface area (Å²) in [6.45, 7) is 2.29. The van der Waals surface area contributed by atoms with Crippen molar-refractivity contribution in [2.24, 2.45) is 0 Å². The number of rotatable bonds is 8. The lowest BCUT2D eigenvalue weighted by molar-refractivity contribution is -0.384. The molecule has 0 radical (unpaired) electrons. The molecular formula is C25H18ClN3O4. The first kappa shape index (κ1) is 23.3. The van der Waals surface area contributed by atoms with E-state index in [9.17, 15) is 20.6 Å². The molecule has 0 aliphatic carbocycles. The quantitative estimate of drug-likeness (QED) is 0.172. The average molecular weight is 460 g/mol. The number of halogens is 1. The number of nitro benzene ring substituents is 1. The van der Waals surface area contributed by atoms with Crippen LogP contribution >= 0.6 is 11.6 Å². The maximum absolute atomic E-state index is 11.1. The molecule has 0 aliphatic rings. The second kappa shape index (κ2) is 10.8. The highest BCUT2D eigenvalue weighted by Crippen LogP contribution is 2.38. The van der Waals surface area contributed by atoms with E-state index in [4.69, 9.17) is 21.1 Å². The van der Waals surface area contributed by atoms with Gasteiger partial charge in [-0.2, -0.15) is 10.5 Å². The van der Waals surface area contributed by atoms with Crippen molar-refractivity contribution in [1.29, 1.82) is 10.5 Å². The normalized spacial score (nSPS) is 10.7. The van der Waals surface area contributed by atoms with Crippen molar-refractivity contribution in [3.8, 4) is 23.6 Å². The van der Waals surface area contributed by atoms with E-state index in [2.05, 4.69) is 12.1 Å². The molecule has 0 aromatic heterocycles. The minimum atomic E-state index is -0.515. The van der Waals surface area contributed by atoms with Gasteiger partial charge < -0.3 is 9.47 Å². The lowest BCUT2D eigenvalue weighted by atomic mass is 10.0. The van der Waals surface area contributed by atoms with Gasteiger partial charge >= 0.3 is 0 Å². The maximum atomic E-state index is 11.1. The smallest absolute Gasteiger partial charge is 0.270 e. The Balaban J connectivity index is 1.96. The zero-order valence-corrected chi connectivity index (χ0v) is 18.4. The fourth-order valence-corrected chi connectivity index (χ4v) is 3.39. The summed E-state index contributed by atoms with van der Waals surface area (Å²) < 4.78 is 11.6. The minimum Gasteiger partial charge on any atom is -0.490 e. The predicted octanol–water partition coefficient (Wildman–Crippen LogP) is 6.16. The van der Waals surface area contributed by atoms with Crippen LogP contribution < -0.4 is 9.47 Å². The largest absolute Gasteiger partial charge is 0.490 e. The molecule has 0 bridgehead atoms. The number of ether oxygens (including phenoxy) is 2. The molecule has 0 unspecified atom stereocenters. The van der Waals surface area contributed by atoms with Crippen molar-refractivity contribution >= 4 is 28.9 Å². The molecule has 33 heavy (non-hydrogen) atoms. The van der Waals surface area contributed by atoms with Gasteiger partial charge in [0.1, 0.15) is 6.61 Å². The van der Waals surface area contributed by atoms with E-state index in [1.807, 2.05) is 13.0 Å². The van der Waals surface area contributed by atoms with Crippen LogP contribution in [0.4, 0.5) is 5.69 Å². The number of hydrogen-bond donors (Lipinski definition) is 0. The fourth-order valence-electron chi connectivity index (χ4n) is 3.11. The van der Waals surface area contributed by atoms with Gasteiger partial charge in [0.05, 0.1) is 39.8 Å².